The first kappa shape index (κ1) is 11.5. The lowest BCUT2D eigenvalue weighted by Crippen LogP contribution is -2.34. The summed E-state index contributed by atoms with van der Waals surface area (Å²) in [6, 6.07) is 8.41. The highest BCUT2D eigenvalue weighted by atomic mass is 16.4. The molecule has 0 aliphatic heterocycles. The second-order valence-corrected chi connectivity index (χ2v) is 3.30. The molecule has 3 nitrogen and oxygen atoms in total. The van der Waals surface area contributed by atoms with Gasteiger partial charge in [0.25, 0.3) is 0 Å². The second-order valence-electron chi connectivity index (χ2n) is 3.30. The van der Waals surface area contributed by atoms with Crippen molar-refractivity contribution in [1.29, 1.82) is 0 Å². The fourth-order valence-electron chi connectivity index (χ4n) is 1.33. The van der Waals surface area contributed by atoms with Gasteiger partial charge in [-0.15, -0.1) is 0 Å². The zero-order chi connectivity index (χ0) is 11.3. The lowest BCUT2D eigenvalue weighted by Gasteiger charge is -2.22. The van der Waals surface area contributed by atoms with Crippen molar-refractivity contribution in [2.75, 3.05) is 0 Å². The lowest BCUT2D eigenvalue weighted by atomic mass is 9.90. The maximum Gasteiger partial charge on any atom is 0.340 e. The molecule has 80 valence electrons. The van der Waals surface area contributed by atoms with Crippen molar-refractivity contribution in [3.63, 3.8) is 0 Å². The van der Waals surface area contributed by atoms with Crippen molar-refractivity contribution < 1.29 is 15.0 Å². The van der Waals surface area contributed by atoms with E-state index in [0.717, 1.165) is 0 Å². The molecule has 15 heavy (non-hydrogen) atoms. The number of rotatable bonds is 4. The highest BCUT2D eigenvalue weighted by molar-refractivity contribution is 5.79. The largest absolute Gasteiger partial charge is 0.479 e. The Morgan fingerprint density at radius 2 is 2.00 bits per heavy atom. The van der Waals surface area contributed by atoms with Gasteiger partial charge in [-0.1, -0.05) is 42.5 Å². The van der Waals surface area contributed by atoms with Crippen molar-refractivity contribution in [2.24, 2.45) is 0 Å². The molecule has 1 aromatic rings. The third kappa shape index (κ3) is 2.44. The second kappa shape index (κ2) is 4.75. The Morgan fingerprint density at radius 1 is 1.40 bits per heavy atom. The highest BCUT2D eigenvalue weighted by Gasteiger charge is 2.36. The molecule has 0 saturated carbocycles. The van der Waals surface area contributed by atoms with Crippen LogP contribution in [0.15, 0.2) is 42.5 Å². The van der Waals surface area contributed by atoms with Crippen molar-refractivity contribution in [3.8, 4) is 0 Å². The molecule has 0 spiro atoms. The van der Waals surface area contributed by atoms with Crippen molar-refractivity contribution in [2.45, 2.75) is 18.9 Å². The average Bonchev–Trinajstić information content (AvgIpc) is 2.27. The Kier molecular flexibility index (Phi) is 3.63. The maximum absolute atomic E-state index is 11.0. The SMILES string of the molecule is C/C=C\CC(O)(C(=O)O)c1ccccc1. The molecule has 0 aliphatic carbocycles. The number of carboxylic acids is 1. The van der Waals surface area contributed by atoms with E-state index in [-0.39, 0.29) is 6.42 Å². The Morgan fingerprint density at radius 3 is 2.47 bits per heavy atom. The number of benzene rings is 1. The summed E-state index contributed by atoms with van der Waals surface area (Å²) in [6.45, 7) is 1.78. The van der Waals surface area contributed by atoms with E-state index >= 15 is 0 Å². The molecule has 0 bridgehead atoms. The fraction of sp³-hybridized carbons (Fsp3) is 0.250. The van der Waals surface area contributed by atoms with Gasteiger partial charge in [-0.25, -0.2) is 4.79 Å². The van der Waals surface area contributed by atoms with Gasteiger partial charge in [0.15, 0.2) is 5.60 Å². The molecular formula is C12H14O3. The number of allylic oxidation sites excluding steroid dienone is 1. The van der Waals surface area contributed by atoms with E-state index in [0.29, 0.717) is 5.56 Å². The third-order valence-electron chi connectivity index (χ3n) is 2.25. The maximum atomic E-state index is 11.0. The van der Waals surface area contributed by atoms with Gasteiger partial charge < -0.3 is 10.2 Å². The van der Waals surface area contributed by atoms with Gasteiger partial charge in [-0.2, -0.15) is 0 Å². The van der Waals surface area contributed by atoms with Gasteiger partial charge in [0, 0.05) is 6.42 Å². The van der Waals surface area contributed by atoms with Crippen LogP contribution in [-0.4, -0.2) is 16.2 Å². The molecular weight excluding hydrogens is 192 g/mol. The minimum absolute atomic E-state index is 0.0723. The van der Waals surface area contributed by atoms with Gasteiger partial charge in [0.1, 0.15) is 0 Å². The summed E-state index contributed by atoms with van der Waals surface area (Å²) in [5.41, 5.74) is -1.43. The van der Waals surface area contributed by atoms with Crippen LogP contribution in [-0.2, 0) is 10.4 Å². The zero-order valence-electron chi connectivity index (χ0n) is 8.55. The average molecular weight is 206 g/mol. The predicted molar refractivity (Wildman–Crippen MR) is 57.4 cm³/mol. The summed E-state index contributed by atoms with van der Waals surface area (Å²) >= 11 is 0. The van der Waals surface area contributed by atoms with E-state index in [9.17, 15) is 9.90 Å². The Balaban J connectivity index is 3.07. The van der Waals surface area contributed by atoms with Crippen LogP contribution in [0.1, 0.15) is 18.9 Å². The lowest BCUT2D eigenvalue weighted by molar-refractivity contribution is -0.159. The summed E-state index contributed by atoms with van der Waals surface area (Å²) in [6.07, 6.45) is 3.43. The molecule has 0 aromatic heterocycles. The molecule has 0 amide bonds. The first-order chi connectivity index (χ1) is 7.11. The molecule has 0 fully saturated rings. The molecule has 2 N–H and O–H groups in total. The monoisotopic (exact) mass is 206 g/mol. The van der Waals surface area contributed by atoms with E-state index in [4.69, 9.17) is 5.11 Å². The standard InChI is InChI=1S/C12H14O3/c1-2-3-9-12(15,11(13)14)10-7-5-4-6-8-10/h2-8,15H,9H2,1H3,(H,13,14)/b3-2-. The van der Waals surface area contributed by atoms with Crippen LogP contribution in [0, 0.1) is 0 Å². The van der Waals surface area contributed by atoms with Gasteiger partial charge in [-0.3, -0.25) is 0 Å². The summed E-state index contributed by atoms with van der Waals surface area (Å²) < 4.78 is 0. The number of hydrogen-bond donors (Lipinski definition) is 2. The number of aliphatic hydroxyl groups is 1. The van der Waals surface area contributed by atoms with Crippen LogP contribution in [0.25, 0.3) is 0 Å². The van der Waals surface area contributed by atoms with Crippen molar-refractivity contribution in [1.82, 2.24) is 0 Å². The molecule has 0 aliphatic rings. The van der Waals surface area contributed by atoms with Crippen LogP contribution in [0.5, 0.6) is 0 Å². The van der Waals surface area contributed by atoms with Gasteiger partial charge in [0.2, 0.25) is 0 Å². The normalized spacial score (nSPS) is 15.1. The topological polar surface area (TPSA) is 57.5 Å². The smallest absolute Gasteiger partial charge is 0.340 e. The van der Waals surface area contributed by atoms with E-state index in [1.807, 2.05) is 0 Å². The quantitative estimate of drug-likeness (QED) is 0.740. The van der Waals surface area contributed by atoms with Crippen LogP contribution >= 0.6 is 0 Å². The first-order valence-corrected chi connectivity index (χ1v) is 4.73. The number of carboxylic acid groups (broad SMARTS) is 1. The zero-order valence-corrected chi connectivity index (χ0v) is 8.55. The van der Waals surface area contributed by atoms with Crippen LogP contribution in [0.3, 0.4) is 0 Å². The molecule has 1 aromatic carbocycles. The molecule has 1 unspecified atom stereocenters. The van der Waals surface area contributed by atoms with Gasteiger partial charge in [0.05, 0.1) is 0 Å². The van der Waals surface area contributed by atoms with Gasteiger partial charge in [-0.05, 0) is 12.5 Å². The minimum atomic E-state index is -1.83. The third-order valence-corrected chi connectivity index (χ3v) is 2.25. The van der Waals surface area contributed by atoms with E-state index < -0.39 is 11.6 Å². The highest BCUT2D eigenvalue weighted by Crippen LogP contribution is 2.25. The van der Waals surface area contributed by atoms with E-state index in [1.165, 1.54) is 0 Å². The summed E-state index contributed by atoms with van der Waals surface area (Å²) in [7, 11) is 0. The van der Waals surface area contributed by atoms with Crippen LogP contribution < -0.4 is 0 Å². The molecule has 1 atom stereocenters. The number of carbonyl (C=O) groups is 1. The molecule has 1 rings (SSSR count). The Labute approximate surface area is 88.7 Å². The number of hydrogen-bond acceptors (Lipinski definition) is 2. The first-order valence-electron chi connectivity index (χ1n) is 4.73. The van der Waals surface area contributed by atoms with Gasteiger partial charge >= 0.3 is 5.97 Å². The molecule has 0 radical (unpaired) electrons. The summed E-state index contributed by atoms with van der Waals surface area (Å²) in [5.74, 6) is -1.23. The minimum Gasteiger partial charge on any atom is -0.479 e. The van der Waals surface area contributed by atoms with Crippen LogP contribution in [0.4, 0.5) is 0 Å². The Bertz CT molecular complexity index is 356. The fourth-order valence-corrected chi connectivity index (χ4v) is 1.33. The Hall–Kier alpha value is -1.61. The molecule has 3 heteroatoms. The molecule has 0 saturated heterocycles. The summed E-state index contributed by atoms with van der Waals surface area (Å²) in [4.78, 5) is 11.0. The van der Waals surface area contributed by atoms with Crippen molar-refractivity contribution >= 4 is 5.97 Å². The van der Waals surface area contributed by atoms with E-state index in [2.05, 4.69) is 0 Å². The van der Waals surface area contributed by atoms with Crippen LogP contribution in [0.2, 0.25) is 0 Å². The predicted octanol–water partition coefficient (Wildman–Crippen LogP) is 1.93. The number of aliphatic carboxylic acids is 1. The van der Waals surface area contributed by atoms with Crippen molar-refractivity contribution in [3.05, 3.63) is 48.0 Å². The van der Waals surface area contributed by atoms with E-state index in [1.54, 1.807) is 49.4 Å². The summed E-state index contributed by atoms with van der Waals surface area (Å²) in [5, 5.41) is 19.1. The molecule has 0 heterocycles.